The van der Waals surface area contributed by atoms with E-state index in [1.54, 1.807) is 31.2 Å². The van der Waals surface area contributed by atoms with E-state index in [-0.39, 0.29) is 18.2 Å². The average molecular weight is 296 g/mol. The maximum atomic E-state index is 10.8. The fourth-order valence-corrected chi connectivity index (χ4v) is 1.14. The molecule has 6 nitrogen and oxygen atoms in total. The summed E-state index contributed by atoms with van der Waals surface area (Å²) in [5.41, 5.74) is 6.45. The Bertz CT molecular complexity index is 428. The Kier molecular flexibility index (Phi) is 12.9. The van der Waals surface area contributed by atoms with Gasteiger partial charge in [0.25, 0.3) is 0 Å². The van der Waals surface area contributed by atoms with Crippen molar-refractivity contribution in [3.8, 4) is 0 Å². The maximum Gasteiger partial charge on any atom is 0.304 e. The highest BCUT2D eigenvalue weighted by Gasteiger charge is 1.98. The molecule has 0 saturated heterocycles. The molecule has 0 heterocycles. The Morgan fingerprint density at radius 2 is 1.76 bits per heavy atom. The molecule has 6 heteroatoms. The molecule has 1 atom stereocenters. The van der Waals surface area contributed by atoms with Crippen LogP contribution in [-0.2, 0) is 9.59 Å². The highest BCUT2D eigenvalue weighted by Crippen LogP contribution is 2.08. The second kappa shape index (κ2) is 12.8. The molecule has 0 spiro atoms. The lowest BCUT2D eigenvalue weighted by atomic mass is 10.1. The molecule has 0 bridgehead atoms. The third-order valence-corrected chi connectivity index (χ3v) is 2.01. The Morgan fingerprint density at radius 3 is 2.00 bits per heavy atom. The average Bonchev–Trinajstić information content (AvgIpc) is 2.41. The van der Waals surface area contributed by atoms with Crippen LogP contribution in [0.3, 0.4) is 0 Å². The predicted octanol–water partition coefficient (Wildman–Crippen LogP) is 2.29. The second-order valence-corrected chi connectivity index (χ2v) is 3.97. The number of hydrogen-bond donors (Lipinski definition) is 3. The molecule has 0 radical (unpaired) electrons. The molecule has 1 aromatic carbocycles. The number of amides is 1. The molecule has 0 saturated carbocycles. The number of nitrogens with one attached hydrogen (secondary N) is 1. The lowest BCUT2D eigenvalue weighted by Gasteiger charge is -1.98. The molecule has 0 aliphatic carbocycles. The van der Waals surface area contributed by atoms with Crippen molar-refractivity contribution in [3.63, 3.8) is 0 Å². The van der Waals surface area contributed by atoms with E-state index in [0.29, 0.717) is 17.7 Å². The van der Waals surface area contributed by atoms with E-state index in [2.05, 4.69) is 5.32 Å². The van der Waals surface area contributed by atoms with Gasteiger partial charge in [0, 0.05) is 17.3 Å². The summed E-state index contributed by atoms with van der Waals surface area (Å²) in [5.74, 6) is -0.817. The van der Waals surface area contributed by atoms with E-state index in [1.807, 2.05) is 13.8 Å². The molecule has 1 rings (SSSR count). The van der Waals surface area contributed by atoms with Crippen molar-refractivity contribution < 1.29 is 19.5 Å². The van der Waals surface area contributed by atoms with Crippen molar-refractivity contribution in [3.05, 3.63) is 29.8 Å². The number of rotatable bonds is 5. The Hall–Kier alpha value is -2.21. The number of carboxylic acid groups (broad SMARTS) is 1. The fourth-order valence-electron chi connectivity index (χ4n) is 1.14. The minimum Gasteiger partial charge on any atom is -0.481 e. The van der Waals surface area contributed by atoms with E-state index >= 15 is 0 Å². The minimum atomic E-state index is -0.838. The van der Waals surface area contributed by atoms with Crippen LogP contribution in [-0.4, -0.2) is 29.3 Å². The first-order valence-corrected chi connectivity index (χ1v) is 6.65. The Labute approximate surface area is 125 Å². The predicted molar refractivity (Wildman–Crippen MR) is 83.4 cm³/mol. The number of Topliss-reactive ketones (excluding diaryl/α,β-unsaturated/α-hetero) is 1. The van der Waals surface area contributed by atoms with Crippen LogP contribution in [0.15, 0.2) is 24.3 Å². The van der Waals surface area contributed by atoms with Crippen LogP contribution < -0.4 is 11.1 Å². The molecule has 1 aromatic rings. The molecule has 1 unspecified atom stereocenters. The standard InChI is InChI=1S/C9H9NO2.C4H9NO2.C2H6/c1-7(12)8-2-4-9(5-3-8)10-6-11;1-3(5)2-4(6)7;1-2/h2-6H,1H3,(H,10,11);3H,2,5H2,1H3,(H,6,7);1-2H3. The van der Waals surface area contributed by atoms with Gasteiger partial charge in [0.05, 0.1) is 6.42 Å². The van der Waals surface area contributed by atoms with Gasteiger partial charge in [-0.2, -0.15) is 0 Å². The van der Waals surface area contributed by atoms with Gasteiger partial charge < -0.3 is 16.2 Å². The number of anilines is 1. The van der Waals surface area contributed by atoms with Crippen molar-refractivity contribution in [2.45, 2.75) is 40.2 Å². The Balaban J connectivity index is 0. The maximum absolute atomic E-state index is 10.8. The summed E-state index contributed by atoms with van der Waals surface area (Å²) < 4.78 is 0. The smallest absolute Gasteiger partial charge is 0.304 e. The van der Waals surface area contributed by atoms with E-state index < -0.39 is 5.97 Å². The van der Waals surface area contributed by atoms with E-state index in [9.17, 15) is 14.4 Å². The molecule has 1 amide bonds. The zero-order valence-electron chi connectivity index (χ0n) is 12.9. The topological polar surface area (TPSA) is 109 Å². The van der Waals surface area contributed by atoms with Crippen LogP contribution >= 0.6 is 0 Å². The van der Waals surface area contributed by atoms with E-state index in [4.69, 9.17) is 10.8 Å². The van der Waals surface area contributed by atoms with Gasteiger partial charge in [-0.05, 0) is 38.1 Å². The van der Waals surface area contributed by atoms with Gasteiger partial charge >= 0.3 is 5.97 Å². The summed E-state index contributed by atoms with van der Waals surface area (Å²) in [7, 11) is 0. The minimum absolute atomic E-state index is 0.0210. The lowest BCUT2D eigenvalue weighted by molar-refractivity contribution is -0.137. The van der Waals surface area contributed by atoms with Gasteiger partial charge in [0.2, 0.25) is 6.41 Å². The fraction of sp³-hybridized carbons (Fsp3) is 0.400. The van der Waals surface area contributed by atoms with Crippen LogP contribution in [0.1, 0.15) is 44.5 Å². The third-order valence-electron chi connectivity index (χ3n) is 2.01. The number of hydrogen-bond acceptors (Lipinski definition) is 4. The van der Waals surface area contributed by atoms with Crippen molar-refractivity contribution in [2.24, 2.45) is 5.73 Å². The molecule has 0 aromatic heterocycles. The van der Waals surface area contributed by atoms with Crippen molar-refractivity contribution in [1.82, 2.24) is 0 Å². The number of nitrogens with two attached hydrogens (primary N) is 1. The first kappa shape index (κ1) is 21.1. The highest BCUT2D eigenvalue weighted by molar-refractivity contribution is 5.94. The number of ketones is 1. The van der Waals surface area contributed by atoms with Gasteiger partial charge in [-0.1, -0.05) is 13.8 Å². The van der Waals surface area contributed by atoms with Crippen molar-refractivity contribution in [2.75, 3.05) is 5.32 Å². The normalized spacial score (nSPS) is 9.95. The number of carbonyl (C=O) groups is 3. The lowest BCUT2D eigenvalue weighted by Crippen LogP contribution is -2.18. The summed E-state index contributed by atoms with van der Waals surface area (Å²) >= 11 is 0. The van der Waals surface area contributed by atoms with Gasteiger partial charge in [-0.15, -0.1) is 0 Å². The van der Waals surface area contributed by atoms with Crippen LogP contribution in [0.2, 0.25) is 0 Å². The van der Waals surface area contributed by atoms with Gasteiger partial charge in [0.1, 0.15) is 0 Å². The van der Waals surface area contributed by atoms with Crippen molar-refractivity contribution >= 4 is 23.9 Å². The van der Waals surface area contributed by atoms with Crippen LogP contribution in [0, 0.1) is 0 Å². The summed E-state index contributed by atoms with van der Waals surface area (Å²) in [6.45, 7) is 7.16. The third kappa shape index (κ3) is 12.6. The zero-order chi connectivity index (χ0) is 16.8. The molecule has 0 fully saturated rings. The van der Waals surface area contributed by atoms with Crippen LogP contribution in [0.4, 0.5) is 5.69 Å². The quantitative estimate of drug-likeness (QED) is 0.570. The van der Waals surface area contributed by atoms with Gasteiger partial charge in [-0.25, -0.2) is 0 Å². The van der Waals surface area contributed by atoms with Gasteiger partial charge in [0.15, 0.2) is 5.78 Å². The molecule has 0 aliphatic heterocycles. The molecular formula is C15H24N2O4. The molecule has 0 aliphatic rings. The summed E-state index contributed by atoms with van der Waals surface area (Å²) in [6.07, 6.45) is 0.656. The molecular weight excluding hydrogens is 272 g/mol. The van der Waals surface area contributed by atoms with Gasteiger partial charge in [-0.3, -0.25) is 14.4 Å². The highest BCUT2D eigenvalue weighted by atomic mass is 16.4. The summed E-state index contributed by atoms with van der Waals surface area (Å²) in [4.78, 5) is 30.6. The Morgan fingerprint density at radius 1 is 1.29 bits per heavy atom. The van der Waals surface area contributed by atoms with Crippen molar-refractivity contribution in [1.29, 1.82) is 0 Å². The SMILES string of the molecule is CC.CC(=O)c1ccc(NC=O)cc1.CC(N)CC(=O)O. The van der Waals surface area contributed by atoms with Crippen LogP contribution in [0.25, 0.3) is 0 Å². The van der Waals surface area contributed by atoms with Crippen LogP contribution in [0.5, 0.6) is 0 Å². The first-order chi connectivity index (χ1) is 9.86. The second-order valence-electron chi connectivity index (χ2n) is 3.97. The summed E-state index contributed by atoms with van der Waals surface area (Å²) in [5, 5.41) is 10.5. The van der Waals surface area contributed by atoms with E-state index in [0.717, 1.165) is 0 Å². The monoisotopic (exact) mass is 296 g/mol. The van der Waals surface area contributed by atoms with E-state index in [1.165, 1.54) is 6.92 Å². The molecule has 21 heavy (non-hydrogen) atoms. The zero-order valence-corrected chi connectivity index (χ0v) is 12.9. The number of carbonyl (C=O) groups excluding carboxylic acids is 2. The molecule has 4 N–H and O–H groups in total. The summed E-state index contributed by atoms with van der Waals surface area (Å²) in [6, 6.07) is 6.50. The number of aliphatic carboxylic acids is 1. The number of benzene rings is 1. The largest absolute Gasteiger partial charge is 0.481 e. The first-order valence-electron chi connectivity index (χ1n) is 6.65. The molecule has 118 valence electrons. The number of carboxylic acids is 1.